The van der Waals surface area contributed by atoms with E-state index in [2.05, 4.69) is 9.97 Å². The van der Waals surface area contributed by atoms with E-state index >= 15 is 0 Å². The molecule has 148 valence electrons. The van der Waals surface area contributed by atoms with E-state index in [1.165, 1.54) is 7.11 Å². The number of rotatable bonds is 4. The summed E-state index contributed by atoms with van der Waals surface area (Å²) < 4.78 is 56.1. The number of carbonyl (C=O) groups excluding carboxylic acids is 1. The standard InChI is InChI=1S/C18H15F3N2O4S/c1-25-12-5-3-2-4-9(12)10-6-15(18(19,20)21)23-17(22-10)28-14-7-11(24)16-26-8-13(14)27-16/h2-6,13-14,16H,7-8H2,1H3/t13-,14-,16-/m0/s1. The number of hydrogen-bond acceptors (Lipinski definition) is 7. The molecular formula is C18H15F3N2O4S. The molecule has 0 N–H and O–H groups in total. The summed E-state index contributed by atoms with van der Waals surface area (Å²) in [6.07, 6.45) is -5.77. The Morgan fingerprint density at radius 3 is 2.79 bits per heavy atom. The maximum atomic E-state index is 13.4. The van der Waals surface area contributed by atoms with Crippen LogP contribution in [0.1, 0.15) is 12.1 Å². The zero-order valence-corrected chi connectivity index (χ0v) is 15.4. The summed E-state index contributed by atoms with van der Waals surface area (Å²) in [5.74, 6) is 0.164. The average molecular weight is 412 g/mol. The summed E-state index contributed by atoms with van der Waals surface area (Å²) in [5.41, 5.74) is -0.555. The molecule has 0 saturated carbocycles. The van der Waals surface area contributed by atoms with Gasteiger partial charge in [0.25, 0.3) is 0 Å². The van der Waals surface area contributed by atoms with E-state index in [9.17, 15) is 18.0 Å². The molecule has 0 aliphatic carbocycles. The summed E-state index contributed by atoms with van der Waals surface area (Å²) in [6, 6.07) is 7.55. The Morgan fingerprint density at radius 1 is 1.25 bits per heavy atom. The molecular weight excluding hydrogens is 397 g/mol. The Balaban J connectivity index is 1.72. The van der Waals surface area contributed by atoms with Gasteiger partial charge in [-0.05, 0) is 18.2 Å². The van der Waals surface area contributed by atoms with Gasteiger partial charge in [0.2, 0.25) is 6.29 Å². The first-order valence-corrected chi connectivity index (χ1v) is 9.29. The number of methoxy groups -OCH3 is 1. The van der Waals surface area contributed by atoms with E-state index in [1.807, 2.05) is 0 Å². The Bertz CT molecular complexity index is 909. The molecule has 0 spiro atoms. The van der Waals surface area contributed by atoms with Gasteiger partial charge >= 0.3 is 6.18 Å². The molecule has 28 heavy (non-hydrogen) atoms. The topological polar surface area (TPSA) is 70.5 Å². The third-order valence-electron chi connectivity index (χ3n) is 4.43. The van der Waals surface area contributed by atoms with Gasteiger partial charge in [0.15, 0.2) is 10.9 Å². The second-order valence-corrected chi connectivity index (χ2v) is 7.49. The van der Waals surface area contributed by atoms with E-state index < -0.39 is 23.4 Å². The lowest BCUT2D eigenvalue weighted by Gasteiger charge is -2.25. The second kappa shape index (κ2) is 7.34. The smallest absolute Gasteiger partial charge is 0.433 e. The van der Waals surface area contributed by atoms with Crippen LogP contribution in [0, 0.1) is 0 Å². The van der Waals surface area contributed by atoms with E-state index in [0.29, 0.717) is 11.3 Å². The first-order valence-electron chi connectivity index (χ1n) is 8.41. The van der Waals surface area contributed by atoms with Crippen molar-refractivity contribution in [3.8, 4) is 17.0 Å². The van der Waals surface area contributed by atoms with Crippen LogP contribution in [0.5, 0.6) is 5.75 Å². The van der Waals surface area contributed by atoms with Crippen molar-refractivity contribution in [3.63, 3.8) is 0 Å². The van der Waals surface area contributed by atoms with Crippen LogP contribution in [0.25, 0.3) is 11.3 Å². The highest BCUT2D eigenvalue weighted by Crippen LogP contribution is 2.39. The maximum Gasteiger partial charge on any atom is 0.433 e. The van der Waals surface area contributed by atoms with Gasteiger partial charge in [-0.3, -0.25) is 4.79 Å². The van der Waals surface area contributed by atoms with Crippen molar-refractivity contribution in [1.82, 2.24) is 9.97 Å². The Labute approximate surface area is 162 Å². The van der Waals surface area contributed by atoms with Gasteiger partial charge in [0, 0.05) is 17.2 Å². The number of carbonyl (C=O) groups is 1. The second-order valence-electron chi connectivity index (χ2n) is 6.29. The van der Waals surface area contributed by atoms with Gasteiger partial charge in [-0.1, -0.05) is 23.9 Å². The number of hydrogen-bond donors (Lipinski definition) is 0. The molecule has 2 saturated heterocycles. The Hall–Kier alpha value is -2.17. The fourth-order valence-electron chi connectivity index (χ4n) is 3.08. The normalized spacial score (nSPS) is 24.4. The fraction of sp³-hybridized carbons (Fsp3) is 0.389. The van der Waals surface area contributed by atoms with Crippen LogP contribution in [-0.4, -0.2) is 47.1 Å². The number of aromatic nitrogens is 2. The number of nitrogens with zero attached hydrogens (tertiary/aromatic N) is 2. The van der Waals surface area contributed by atoms with E-state index in [1.54, 1.807) is 24.3 Å². The molecule has 10 heteroatoms. The predicted molar refractivity (Wildman–Crippen MR) is 92.9 cm³/mol. The summed E-state index contributed by atoms with van der Waals surface area (Å²) in [7, 11) is 1.43. The molecule has 4 rings (SSSR count). The molecule has 3 atom stereocenters. The molecule has 1 aromatic carbocycles. The van der Waals surface area contributed by atoms with Crippen LogP contribution in [0.2, 0.25) is 0 Å². The van der Waals surface area contributed by atoms with Gasteiger partial charge < -0.3 is 14.2 Å². The number of halogens is 3. The molecule has 0 radical (unpaired) electrons. The van der Waals surface area contributed by atoms with Gasteiger partial charge in [0.1, 0.15) is 11.4 Å². The molecule has 0 unspecified atom stereocenters. The van der Waals surface area contributed by atoms with Crippen molar-refractivity contribution in [2.45, 2.75) is 35.4 Å². The summed E-state index contributed by atoms with van der Waals surface area (Å²) in [5, 5.41) is -0.497. The predicted octanol–water partition coefficient (Wildman–Crippen LogP) is 3.35. The first kappa shape index (κ1) is 19.2. The van der Waals surface area contributed by atoms with Crippen LogP contribution < -0.4 is 4.74 Å². The third-order valence-corrected chi connectivity index (χ3v) is 5.59. The van der Waals surface area contributed by atoms with E-state index in [0.717, 1.165) is 17.8 Å². The van der Waals surface area contributed by atoms with Crippen molar-refractivity contribution in [3.05, 3.63) is 36.0 Å². The van der Waals surface area contributed by atoms with Crippen molar-refractivity contribution in [1.29, 1.82) is 0 Å². The van der Waals surface area contributed by atoms with Crippen molar-refractivity contribution in [2.24, 2.45) is 0 Å². The lowest BCUT2D eigenvalue weighted by Crippen LogP contribution is -2.37. The van der Waals surface area contributed by atoms with E-state index in [-0.39, 0.29) is 35.8 Å². The Kier molecular flexibility index (Phi) is 5.02. The molecule has 2 aromatic rings. The van der Waals surface area contributed by atoms with Gasteiger partial charge in [-0.25, -0.2) is 9.97 Å². The maximum absolute atomic E-state index is 13.4. The molecule has 0 amide bonds. The number of ketones is 1. The van der Waals surface area contributed by atoms with Crippen LogP contribution in [0.4, 0.5) is 13.2 Å². The number of para-hydroxylation sites is 1. The van der Waals surface area contributed by atoms with Crippen LogP contribution >= 0.6 is 11.8 Å². The molecule has 3 heterocycles. The minimum absolute atomic E-state index is 0.0810. The monoisotopic (exact) mass is 412 g/mol. The zero-order chi connectivity index (χ0) is 19.9. The summed E-state index contributed by atoms with van der Waals surface area (Å²) in [4.78, 5) is 19.9. The number of fused-ring (bicyclic) bond motifs is 2. The van der Waals surface area contributed by atoms with Crippen LogP contribution in [0.3, 0.4) is 0 Å². The highest BCUT2D eigenvalue weighted by Gasteiger charge is 2.44. The highest BCUT2D eigenvalue weighted by atomic mass is 32.2. The summed E-state index contributed by atoms with van der Waals surface area (Å²) in [6.45, 7) is 0.215. The van der Waals surface area contributed by atoms with Crippen LogP contribution in [0.15, 0.2) is 35.5 Å². The van der Waals surface area contributed by atoms with E-state index in [4.69, 9.17) is 14.2 Å². The lowest BCUT2D eigenvalue weighted by atomic mass is 10.1. The number of ether oxygens (including phenoxy) is 3. The quantitative estimate of drug-likeness (QED) is 0.714. The first-order chi connectivity index (χ1) is 13.3. The fourth-order valence-corrected chi connectivity index (χ4v) is 4.19. The number of benzene rings is 1. The lowest BCUT2D eigenvalue weighted by molar-refractivity contribution is -0.151. The molecule has 2 aliphatic rings. The Morgan fingerprint density at radius 2 is 2.04 bits per heavy atom. The number of alkyl halides is 3. The molecule has 2 aliphatic heterocycles. The number of thioether (sulfide) groups is 1. The van der Waals surface area contributed by atoms with Crippen LogP contribution in [-0.2, 0) is 20.4 Å². The largest absolute Gasteiger partial charge is 0.496 e. The minimum atomic E-state index is -4.64. The van der Waals surface area contributed by atoms with Gasteiger partial charge in [-0.2, -0.15) is 13.2 Å². The summed E-state index contributed by atoms with van der Waals surface area (Å²) >= 11 is 0.991. The molecule has 1 aromatic heterocycles. The third kappa shape index (κ3) is 3.71. The molecule has 6 nitrogen and oxygen atoms in total. The van der Waals surface area contributed by atoms with Gasteiger partial charge in [0.05, 0.1) is 25.5 Å². The highest BCUT2D eigenvalue weighted by molar-refractivity contribution is 7.99. The van der Waals surface area contributed by atoms with Crippen molar-refractivity contribution < 1.29 is 32.2 Å². The zero-order valence-electron chi connectivity index (χ0n) is 14.6. The van der Waals surface area contributed by atoms with Crippen molar-refractivity contribution >= 4 is 17.5 Å². The SMILES string of the molecule is COc1ccccc1-c1cc(C(F)(F)F)nc(S[C@H]2CC(=O)[C@H]3OC[C@@H]2O3)n1. The average Bonchev–Trinajstić information content (AvgIpc) is 3.11. The molecule has 2 bridgehead atoms. The molecule has 2 fully saturated rings. The van der Waals surface area contributed by atoms with Gasteiger partial charge in [-0.15, -0.1) is 0 Å². The van der Waals surface area contributed by atoms with Crippen molar-refractivity contribution in [2.75, 3.05) is 13.7 Å². The minimum Gasteiger partial charge on any atom is -0.496 e. The number of Topliss-reactive ketones (excluding diaryl/α,β-unsaturated/α-hetero) is 1.